The molecule has 0 aliphatic heterocycles. The second-order valence-electron chi connectivity index (χ2n) is 3.92. The summed E-state index contributed by atoms with van der Waals surface area (Å²) in [5, 5.41) is 18.3. The van der Waals surface area contributed by atoms with E-state index in [2.05, 4.69) is 0 Å². The van der Waals surface area contributed by atoms with Crippen molar-refractivity contribution in [1.82, 2.24) is 0 Å². The highest BCUT2D eigenvalue weighted by Gasteiger charge is 2.12. The Balaban J connectivity index is 2.58. The van der Waals surface area contributed by atoms with Crippen LogP contribution in [0.25, 0.3) is 11.1 Å². The Hall–Kier alpha value is -2.56. The number of carboxylic acids is 1. The Labute approximate surface area is 108 Å². The minimum absolute atomic E-state index is 0.0706. The number of halogens is 1. The summed E-state index contributed by atoms with van der Waals surface area (Å²) in [5.41, 5.74) is 0.981. The van der Waals surface area contributed by atoms with Crippen LogP contribution in [0.15, 0.2) is 36.4 Å². The molecular formula is C14H11FO4. The highest BCUT2D eigenvalue weighted by Crippen LogP contribution is 2.33. The number of carbonyl (C=O) groups is 1. The molecule has 0 atom stereocenters. The van der Waals surface area contributed by atoms with E-state index >= 15 is 0 Å². The molecule has 2 aromatic carbocycles. The lowest BCUT2D eigenvalue weighted by Crippen LogP contribution is -1.98. The second kappa shape index (κ2) is 4.97. The lowest BCUT2D eigenvalue weighted by Gasteiger charge is -2.10. The number of phenolic OH excluding ortho intramolecular Hbond substituents is 1. The van der Waals surface area contributed by atoms with Crippen molar-refractivity contribution >= 4 is 5.97 Å². The Morgan fingerprint density at radius 3 is 2.53 bits per heavy atom. The molecule has 0 spiro atoms. The summed E-state index contributed by atoms with van der Waals surface area (Å²) in [4.78, 5) is 10.9. The molecule has 98 valence electrons. The van der Waals surface area contributed by atoms with Crippen molar-refractivity contribution in [3.63, 3.8) is 0 Å². The first kappa shape index (κ1) is 12.9. The summed E-state index contributed by atoms with van der Waals surface area (Å²) >= 11 is 0. The van der Waals surface area contributed by atoms with E-state index in [4.69, 9.17) is 9.84 Å². The number of ether oxygens (including phenoxy) is 1. The normalized spacial score (nSPS) is 10.2. The fraction of sp³-hybridized carbons (Fsp3) is 0.0714. The molecule has 4 nitrogen and oxygen atoms in total. The number of hydrogen-bond donors (Lipinski definition) is 2. The third kappa shape index (κ3) is 2.65. The highest BCUT2D eigenvalue weighted by molar-refractivity contribution is 5.89. The SMILES string of the molecule is COc1cc(C(=O)O)ccc1-c1cc(O)cc(F)c1. The molecule has 0 aromatic heterocycles. The lowest BCUT2D eigenvalue weighted by molar-refractivity contribution is 0.0696. The largest absolute Gasteiger partial charge is 0.508 e. The number of methoxy groups -OCH3 is 1. The van der Waals surface area contributed by atoms with Gasteiger partial charge in [-0.2, -0.15) is 0 Å². The molecule has 0 radical (unpaired) electrons. The molecular weight excluding hydrogens is 251 g/mol. The number of aromatic carboxylic acids is 1. The molecule has 0 bridgehead atoms. The molecule has 0 fully saturated rings. The van der Waals surface area contributed by atoms with E-state index in [9.17, 15) is 14.3 Å². The Bertz CT molecular complexity index is 617. The minimum atomic E-state index is -1.08. The van der Waals surface area contributed by atoms with Crippen LogP contribution >= 0.6 is 0 Å². The van der Waals surface area contributed by atoms with Gasteiger partial charge in [0.05, 0.1) is 12.7 Å². The zero-order valence-electron chi connectivity index (χ0n) is 10.1. The Morgan fingerprint density at radius 1 is 1.21 bits per heavy atom. The average molecular weight is 262 g/mol. The summed E-state index contributed by atoms with van der Waals surface area (Å²) in [7, 11) is 1.39. The molecule has 19 heavy (non-hydrogen) atoms. The van der Waals surface area contributed by atoms with Gasteiger partial charge in [-0.05, 0) is 35.9 Å². The molecule has 5 heteroatoms. The molecule has 0 unspecified atom stereocenters. The van der Waals surface area contributed by atoms with Gasteiger partial charge in [0.15, 0.2) is 0 Å². The van der Waals surface area contributed by atoms with Crippen LogP contribution in [0.4, 0.5) is 4.39 Å². The summed E-state index contributed by atoms with van der Waals surface area (Å²) in [6, 6.07) is 7.85. The highest BCUT2D eigenvalue weighted by atomic mass is 19.1. The molecule has 0 saturated heterocycles. The smallest absolute Gasteiger partial charge is 0.335 e. The number of benzene rings is 2. The maximum absolute atomic E-state index is 13.3. The molecule has 0 aliphatic carbocycles. The number of hydrogen-bond acceptors (Lipinski definition) is 3. The molecule has 0 aliphatic rings. The molecule has 0 amide bonds. The van der Waals surface area contributed by atoms with Gasteiger partial charge in [-0.3, -0.25) is 0 Å². The van der Waals surface area contributed by atoms with Gasteiger partial charge in [-0.25, -0.2) is 9.18 Å². The number of rotatable bonds is 3. The summed E-state index contributed by atoms with van der Waals surface area (Å²) in [6.45, 7) is 0. The predicted octanol–water partition coefficient (Wildman–Crippen LogP) is 2.91. The van der Waals surface area contributed by atoms with Gasteiger partial charge in [0.2, 0.25) is 0 Å². The van der Waals surface area contributed by atoms with E-state index < -0.39 is 11.8 Å². The number of aromatic hydroxyl groups is 1. The zero-order chi connectivity index (χ0) is 14.0. The van der Waals surface area contributed by atoms with Crippen molar-refractivity contribution in [2.45, 2.75) is 0 Å². The van der Waals surface area contributed by atoms with E-state index in [1.807, 2.05) is 0 Å². The fourth-order valence-corrected chi connectivity index (χ4v) is 1.79. The first-order valence-electron chi connectivity index (χ1n) is 5.42. The number of phenols is 1. The Morgan fingerprint density at radius 2 is 1.95 bits per heavy atom. The van der Waals surface area contributed by atoms with Gasteiger partial charge < -0.3 is 14.9 Å². The second-order valence-corrected chi connectivity index (χ2v) is 3.92. The topological polar surface area (TPSA) is 66.8 Å². The molecule has 0 saturated carbocycles. The van der Waals surface area contributed by atoms with Crippen LogP contribution in [0, 0.1) is 5.82 Å². The van der Waals surface area contributed by atoms with Gasteiger partial charge in [-0.15, -0.1) is 0 Å². The number of carboxylic acid groups (broad SMARTS) is 1. The molecule has 2 N–H and O–H groups in total. The van der Waals surface area contributed by atoms with Gasteiger partial charge >= 0.3 is 5.97 Å². The Kier molecular flexibility index (Phi) is 3.37. The maximum atomic E-state index is 13.3. The molecule has 0 heterocycles. The van der Waals surface area contributed by atoms with E-state index in [0.29, 0.717) is 16.9 Å². The maximum Gasteiger partial charge on any atom is 0.335 e. The first-order valence-corrected chi connectivity index (χ1v) is 5.42. The summed E-state index contributed by atoms with van der Waals surface area (Å²) in [6.07, 6.45) is 0. The van der Waals surface area contributed by atoms with Crippen LogP contribution in [0.1, 0.15) is 10.4 Å². The van der Waals surface area contributed by atoms with Gasteiger partial charge in [0, 0.05) is 11.6 Å². The van der Waals surface area contributed by atoms with Crippen molar-refractivity contribution in [3.8, 4) is 22.6 Å². The molecule has 2 aromatic rings. The van der Waals surface area contributed by atoms with Crippen LogP contribution in [0.5, 0.6) is 11.5 Å². The predicted molar refractivity (Wildman–Crippen MR) is 67.0 cm³/mol. The fourth-order valence-electron chi connectivity index (χ4n) is 1.79. The van der Waals surface area contributed by atoms with Crippen LogP contribution in [-0.2, 0) is 0 Å². The van der Waals surface area contributed by atoms with E-state index in [1.165, 1.54) is 37.4 Å². The standard InChI is InChI=1S/C14H11FO4/c1-19-13-6-8(14(17)18)2-3-12(13)9-4-10(15)7-11(16)5-9/h2-7,16H,1H3,(H,17,18). The van der Waals surface area contributed by atoms with Gasteiger partial charge in [0.1, 0.15) is 17.3 Å². The van der Waals surface area contributed by atoms with Gasteiger partial charge in [0.25, 0.3) is 0 Å². The average Bonchev–Trinajstić information content (AvgIpc) is 2.36. The van der Waals surface area contributed by atoms with E-state index in [0.717, 1.165) is 6.07 Å². The third-order valence-electron chi connectivity index (χ3n) is 2.64. The summed E-state index contributed by atoms with van der Waals surface area (Å²) < 4.78 is 18.4. The van der Waals surface area contributed by atoms with E-state index in [-0.39, 0.29) is 11.3 Å². The first-order chi connectivity index (χ1) is 9.01. The van der Waals surface area contributed by atoms with Crippen LogP contribution in [-0.4, -0.2) is 23.3 Å². The van der Waals surface area contributed by atoms with Crippen LogP contribution in [0.2, 0.25) is 0 Å². The lowest BCUT2D eigenvalue weighted by atomic mass is 10.0. The van der Waals surface area contributed by atoms with Crippen molar-refractivity contribution in [1.29, 1.82) is 0 Å². The van der Waals surface area contributed by atoms with Crippen molar-refractivity contribution in [3.05, 3.63) is 47.8 Å². The van der Waals surface area contributed by atoms with Crippen LogP contribution < -0.4 is 4.74 Å². The van der Waals surface area contributed by atoms with Crippen molar-refractivity contribution in [2.24, 2.45) is 0 Å². The van der Waals surface area contributed by atoms with Crippen molar-refractivity contribution < 1.29 is 24.1 Å². The zero-order valence-corrected chi connectivity index (χ0v) is 10.1. The van der Waals surface area contributed by atoms with Crippen molar-refractivity contribution in [2.75, 3.05) is 7.11 Å². The van der Waals surface area contributed by atoms with Gasteiger partial charge in [-0.1, -0.05) is 0 Å². The van der Waals surface area contributed by atoms with Crippen LogP contribution in [0.3, 0.4) is 0 Å². The minimum Gasteiger partial charge on any atom is -0.508 e. The quantitative estimate of drug-likeness (QED) is 0.892. The third-order valence-corrected chi connectivity index (χ3v) is 2.64. The monoisotopic (exact) mass is 262 g/mol. The van der Waals surface area contributed by atoms with E-state index in [1.54, 1.807) is 0 Å². The molecule has 2 rings (SSSR count). The summed E-state index contributed by atoms with van der Waals surface area (Å²) in [5.74, 6) is -1.57.